The lowest BCUT2D eigenvalue weighted by Gasteiger charge is -2.20. The van der Waals surface area contributed by atoms with E-state index in [4.69, 9.17) is 0 Å². The lowest BCUT2D eigenvalue weighted by Crippen LogP contribution is -2.33. The molecule has 0 aliphatic carbocycles. The third-order valence-electron chi connectivity index (χ3n) is 2.46. The predicted molar refractivity (Wildman–Crippen MR) is 65.6 cm³/mol. The number of anilines is 1. The minimum Gasteiger partial charge on any atom is -0.384 e. The van der Waals surface area contributed by atoms with E-state index in [1.807, 2.05) is 26.8 Å². The maximum atomic E-state index is 11.9. The molecule has 1 amide bonds. The summed E-state index contributed by atoms with van der Waals surface area (Å²) in [5.41, 5.74) is 1.42. The van der Waals surface area contributed by atoms with Gasteiger partial charge in [0.25, 0.3) is 5.91 Å². The van der Waals surface area contributed by atoms with Gasteiger partial charge in [0.05, 0.1) is 11.9 Å². The van der Waals surface area contributed by atoms with Crippen LogP contribution in [0, 0.1) is 0 Å². The predicted octanol–water partition coefficient (Wildman–Crippen LogP) is 1.99. The van der Waals surface area contributed by atoms with Crippen LogP contribution in [-0.4, -0.2) is 35.4 Å². The van der Waals surface area contributed by atoms with Crippen LogP contribution in [0.25, 0.3) is 0 Å². The molecule has 1 N–H and O–H groups in total. The Balaban J connectivity index is 2.77. The Morgan fingerprint density at radius 3 is 2.62 bits per heavy atom. The van der Waals surface area contributed by atoms with Crippen molar-refractivity contribution in [1.29, 1.82) is 0 Å². The molecule has 0 radical (unpaired) electrons. The summed E-state index contributed by atoms with van der Waals surface area (Å²) in [7, 11) is 1.78. The van der Waals surface area contributed by atoms with Crippen LogP contribution >= 0.6 is 0 Å². The highest BCUT2D eigenvalue weighted by molar-refractivity contribution is 5.92. The van der Waals surface area contributed by atoms with Gasteiger partial charge in [-0.25, -0.2) is 4.98 Å². The number of pyridine rings is 1. The van der Waals surface area contributed by atoms with Gasteiger partial charge in [-0.05, 0) is 32.9 Å². The van der Waals surface area contributed by atoms with E-state index >= 15 is 0 Å². The van der Waals surface area contributed by atoms with Gasteiger partial charge in [0.2, 0.25) is 0 Å². The summed E-state index contributed by atoms with van der Waals surface area (Å²) in [6, 6.07) is 3.81. The SMILES string of the molecule is CCNc1ccc(C(=O)N(C)C(C)C)nc1. The van der Waals surface area contributed by atoms with Gasteiger partial charge >= 0.3 is 0 Å². The Morgan fingerprint density at radius 2 is 2.19 bits per heavy atom. The third kappa shape index (κ3) is 2.95. The van der Waals surface area contributed by atoms with Gasteiger partial charge in [-0.2, -0.15) is 0 Å². The molecule has 88 valence electrons. The lowest BCUT2D eigenvalue weighted by molar-refractivity contribution is 0.0749. The number of aromatic nitrogens is 1. The normalized spacial score (nSPS) is 10.3. The van der Waals surface area contributed by atoms with Crippen molar-refractivity contribution in [3.63, 3.8) is 0 Å². The number of hydrogen-bond donors (Lipinski definition) is 1. The molecule has 0 saturated carbocycles. The van der Waals surface area contributed by atoms with E-state index in [1.54, 1.807) is 24.2 Å². The Hall–Kier alpha value is -1.58. The van der Waals surface area contributed by atoms with Gasteiger partial charge < -0.3 is 10.2 Å². The molecule has 0 unspecified atom stereocenters. The number of rotatable bonds is 4. The molecule has 1 rings (SSSR count). The average molecular weight is 221 g/mol. The largest absolute Gasteiger partial charge is 0.384 e. The first-order valence-electron chi connectivity index (χ1n) is 5.53. The Bertz CT molecular complexity index is 346. The van der Waals surface area contributed by atoms with Gasteiger partial charge in [-0.3, -0.25) is 4.79 Å². The Morgan fingerprint density at radius 1 is 1.50 bits per heavy atom. The summed E-state index contributed by atoms with van der Waals surface area (Å²) in [5, 5.41) is 3.14. The number of nitrogens with one attached hydrogen (secondary N) is 1. The quantitative estimate of drug-likeness (QED) is 0.845. The molecule has 4 nitrogen and oxygen atoms in total. The molecule has 4 heteroatoms. The molecule has 16 heavy (non-hydrogen) atoms. The molecule has 1 aromatic rings. The van der Waals surface area contributed by atoms with Crippen molar-refractivity contribution in [2.45, 2.75) is 26.8 Å². The molecule has 0 aromatic carbocycles. The number of amides is 1. The van der Waals surface area contributed by atoms with Gasteiger partial charge in [-0.15, -0.1) is 0 Å². The van der Waals surface area contributed by atoms with Crippen molar-refractivity contribution in [3.05, 3.63) is 24.0 Å². The van der Waals surface area contributed by atoms with E-state index in [0.29, 0.717) is 5.69 Å². The van der Waals surface area contributed by atoms with E-state index in [9.17, 15) is 4.79 Å². The maximum Gasteiger partial charge on any atom is 0.272 e. The molecule has 0 aliphatic heterocycles. The minimum absolute atomic E-state index is 0.0435. The van der Waals surface area contributed by atoms with E-state index in [2.05, 4.69) is 10.3 Å². The van der Waals surface area contributed by atoms with Gasteiger partial charge in [0.15, 0.2) is 0 Å². The molecule has 0 atom stereocenters. The fraction of sp³-hybridized carbons (Fsp3) is 0.500. The highest BCUT2D eigenvalue weighted by atomic mass is 16.2. The highest BCUT2D eigenvalue weighted by Crippen LogP contribution is 2.08. The van der Waals surface area contributed by atoms with Crippen molar-refractivity contribution >= 4 is 11.6 Å². The fourth-order valence-electron chi connectivity index (χ4n) is 1.24. The third-order valence-corrected chi connectivity index (χ3v) is 2.46. The second kappa shape index (κ2) is 5.49. The summed E-state index contributed by atoms with van der Waals surface area (Å²) in [6.45, 7) is 6.82. The average Bonchev–Trinajstić information content (AvgIpc) is 2.28. The highest BCUT2D eigenvalue weighted by Gasteiger charge is 2.15. The first kappa shape index (κ1) is 12.5. The van der Waals surface area contributed by atoms with Crippen molar-refractivity contribution in [1.82, 2.24) is 9.88 Å². The number of carbonyl (C=O) groups is 1. The zero-order chi connectivity index (χ0) is 12.1. The molecule has 0 spiro atoms. The van der Waals surface area contributed by atoms with E-state index in [1.165, 1.54) is 0 Å². The zero-order valence-electron chi connectivity index (χ0n) is 10.3. The number of nitrogens with zero attached hydrogens (tertiary/aromatic N) is 2. The Labute approximate surface area is 96.7 Å². The summed E-state index contributed by atoms with van der Waals surface area (Å²) >= 11 is 0. The molecule has 0 aliphatic rings. The van der Waals surface area contributed by atoms with Crippen LogP contribution < -0.4 is 5.32 Å². The van der Waals surface area contributed by atoms with Crippen LogP contribution in [0.2, 0.25) is 0 Å². The molecule has 1 heterocycles. The second-order valence-corrected chi connectivity index (χ2v) is 3.97. The number of hydrogen-bond acceptors (Lipinski definition) is 3. The van der Waals surface area contributed by atoms with Crippen LogP contribution in [0.4, 0.5) is 5.69 Å². The molecule has 0 saturated heterocycles. The van der Waals surface area contributed by atoms with Crippen molar-refractivity contribution in [2.75, 3.05) is 18.9 Å². The molecule has 1 aromatic heterocycles. The van der Waals surface area contributed by atoms with Crippen molar-refractivity contribution in [2.24, 2.45) is 0 Å². The van der Waals surface area contributed by atoms with Gasteiger partial charge in [0.1, 0.15) is 5.69 Å². The van der Waals surface area contributed by atoms with Crippen LogP contribution in [0.5, 0.6) is 0 Å². The monoisotopic (exact) mass is 221 g/mol. The standard InChI is InChI=1S/C12H19N3O/c1-5-13-10-6-7-11(14-8-10)12(16)15(4)9(2)3/h6-9,13H,5H2,1-4H3. The summed E-state index contributed by atoms with van der Waals surface area (Å²) in [4.78, 5) is 17.7. The lowest BCUT2D eigenvalue weighted by atomic mass is 10.2. The van der Waals surface area contributed by atoms with Gasteiger partial charge in [0, 0.05) is 19.6 Å². The second-order valence-electron chi connectivity index (χ2n) is 3.97. The van der Waals surface area contributed by atoms with Crippen LogP contribution in [0.15, 0.2) is 18.3 Å². The first-order chi connectivity index (χ1) is 7.56. The fourth-order valence-corrected chi connectivity index (χ4v) is 1.24. The summed E-state index contributed by atoms with van der Waals surface area (Å²) in [5.74, 6) is -0.0435. The smallest absolute Gasteiger partial charge is 0.272 e. The maximum absolute atomic E-state index is 11.9. The van der Waals surface area contributed by atoms with Gasteiger partial charge in [-0.1, -0.05) is 0 Å². The summed E-state index contributed by atoms with van der Waals surface area (Å²) in [6.07, 6.45) is 1.69. The van der Waals surface area contributed by atoms with E-state index in [-0.39, 0.29) is 11.9 Å². The van der Waals surface area contributed by atoms with E-state index < -0.39 is 0 Å². The number of carbonyl (C=O) groups excluding carboxylic acids is 1. The van der Waals surface area contributed by atoms with Crippen LogP contribution in [-0.2, 0) is 0 Å². The Kier molecular flexibility index (Phi) is 4.28. The molecular weight excluding hydrogens is 202 g/mol. The summed E-state index contributed by atoms with van der Waals surface area (Å²) < 4.78 is 0. The van der Waals surface area contributed by atoms with Crippen molar-refractivity contribution < 1.29 is 4.79 Å². The van der Waals surface area contributed by atoms with Crippen molar-refractivity contribution in [3.8, 4) is 0 Å². The van der Waals surface area contributed by atoms with Crippen LogP contribution in [0.3, 0.4) is 0 Å². The molecule has 0 fully saturated rings. The molecule has 0 bridgehead atoms. The van der Waals surface area contributed by atoms with E-state index in [0.717, 1.165) is 12.2 Å². The minimum atomic E-state index is -0.0435. The van der Waals surface area contributed by atoms with Crippen LogP contribution in [0.1, 0.15) is 31.3 Å². The zero-order valence-corrected chi connectivity index (χ0v) is 10.3. The topological polar surface area (TPSA) is 45.2 Å². The molecular formula is C12H19N3O. The first-order valence-corrected chi connectivity index (χ1v) is 5.53.